The van der Waals surface area contributed by atoms with E-state index in [1.165, 1.54) is 0 Å². The molecule has 0 fully saturated rings. The van der Waals surface area contributed by atoms with E-state index in [0.717, 1.165) is 0 Å². The van der Waals surface area contributed by atoms with E-state index in [0.29, 0.717) is 15.7 Å². The monoisotopic (exact) mass is 306 g/mol. The Morgan fingerprint density at radius 3 is 2.89 bits per heavy atom. The Balaban J connectivity index is 2.20. The summed E-state index contributed by atoms with van der Waals surface area (Å²) in [6.45, 7) is 0. The molecular formula is C10H7BrN6O. The molecule has 8 heteroatoms. The highest BCUT2D eigenvalue weighted by Crippen LogP contribution is 2.23. The number of carbonyl (C=O) groups is 1. The average molecular weight is 307 g/mol. The van der Waals surface area contributed by atoms with Crippen molar-refractivity contribution < 1.29 is 4.79 Å². The lowest BCUT2D eigenvalue weighted by Crippen LogP contribution is -2.14. The van der Waals surface area contributed by atoms with Crippen LogP contribution in [0.5, 0.6) is 0 Å². The maximum atomic E-state index is 11.7. The van der Waals surface area contributed by atoms with Crippen LogP contribution in [0.15, 0.2) is 22.7 Å². The lowest BCUT2D eigenvalue weighted by Gasteiger charge is -2.05. The summed E-state index contributed by atoms with van der Waals surface area (Å²) >= 11 is 3.26. The van der Waals surface area contributed by atoms with Gasteiger partial charge in [-0.3, -0.25) is 9.89 Å². The number of nitrogens with two attached hydrogens (primary N) is 1. The van der Waals surface area contributed by atoms with Crippen molar-refractivity contribution in [1.29, 1.82) is 5.26 Å². The molecule has 4 N–H and O–H groups in total. The van der Waals surface area contributed by atoms with Crippen molar-refractivity contribution in [3.63, 3.8) is 0 Å². The molecule has 7 nitrogen and oxygen atoms in total. The zero-order valence-electron chi connectivity index (χ0n) is 8.94. The maximum absolute atomic E-state index is 11.7. The standard InChI is InChI=1S/C10H7BrN6O/c11-6-3-5(4-12)1-2-7(6)14-9(18)8-15-10(13)17-16-8/h1-3H,(H,14,18)(H3,13,15,16,17). The fourth-order valence-corrected chi connectivity index (χ4v) is 1.72. The summed E-state index contributed by atoms with van der Waals surface area (Å²) in [7, 11) is 0. The fourth-order valence-electron chi connectivity index (χ4n) is 1.24. The van der Waals surface area contributed by atoms with Crippen LogP contribution >= 0.6 is 15.9 Å². The molecule has 0 radical (unpaired) electrons. The van der Waals surface area contributed by atoms with Crippen LogP contribution in [0.2, 0.25) is 0 Å². The molecule has 0 aliphatic heterocycles. The molecule has 0 saturated carbocycles. The number of halogens is 1. The zero-order chi connectivity index (χ0) is 13.1. The summed E-state index contributed by atoms with van der Waals surface area (Å²) in [6.07, 6.45) is 0. The quantitative estimate of drug-likeness (QED) is 0.771. The Morgan fingerprint density at radius 2 is 2.33 bits per heavy atom. The Kier molecular flexibility index (Phi) is 3.25. The second kappa shape index (κ2) is 4.85. The third-order valence-corrected chi connectivity index (χ3v) is 2.72. The van der Waals surface area contributed by atoms with Crippen LogP contribution in [-0.4, -0.2) is 21.1 Å². The largest absolute Gasteiger partial charge is 0.366 e. The van der Waals surface area contributed by atoms with Gasteiger partial charge in [-0.05, 0) is 34.1 Å². The molecule has 1 aromatic heterocycles. The molecular weight excluding hydrogens is 300 g/mol. The van der Waals surface area contributed by atoms with E-state index in [4.69, 9.17) is 11.0 Å². The molecule has 0 saturated heterocycles. The summed E-state index contributed by atoms with van der Waals surface area (Å²) in [6, 6.07) is 6.80. The number of hydrogen-bond acceptors (Lipinski definition) is 5. The number of carbonyl (C=O) groups excluding carboxylic acids is 1. The van der Waals surface area contributed by atoms with E-state index >= 15 is 0 Å². The van der Waals surface area contributed by atoms with Crippen molar-refractivity contribution in [3.05, 3.63) is 34.1 Å². The van der Waals surface area contributed by atoms with Gasteiger partial charge in [0.1, 0.15) is 0 Å². The number of anilines is 2. The number of benzene rings is 1. The Hall–Kier alpha value is -2.40. The smallest absolute Gasteiger partial charge is 0.293 e. The van der Waals surface area contributed by atoms with E-state index in [-0.39, 0.29) is 11.8 Å². The van der Waals surface area contributed by atoms with Gasteiger partial charge in [0.15, 0.2) is 0 Å². The van der Waals surface area contributed by atoms with Crippen LogP contribution in [0.25, 0.3) is 0 Å². The van der Waals surface area contributed by atoms with Gasteiger partial charge in [-0.15, -0.1) is 5.10 Å². The van der Waals surface area contributed by atoms with Crippen molar-refractivity contribution in [1.82, 2.24) is 15.2 Å². The molecule has 1 heterocycles. The first-order valence-electron chi connectivity index (χ1n) is 4.79. The predicted octanol–water partition coefficient (Wildman–Crippen LogP) is 1.27. The number of H-pyrrole nitrogens is 1. The minimum atomic E-state index is -0.468. The zero-order valence-corrected chi connectivity index (χ0v) is 10.5. The SMILES string of the molecule is N#Cc1ccc(NC(=O)c2nc(N)n[nH]2)c(Br)c1. The topological polar surface area (TPSA) is 120 Å². The summed E-state index contributed by atoms with van der Waals surface area (Å²) in [5.74, 6) is -0.451. The van der Waals surface area contributed by atoms with Crippen molar-refractivity contribution in [2.45, 2.75) is 0 Å². The molecule has 0 aliphatic rings. The fraction of sp³-hybridized carbons (Fsp3) is 0. The summed E-state index contributed by atoms with van der Waals surface area (Å²) < 4.78 is 0.599. The highest BCUT2D eigenvalue weighted by Gasteiger charge is 2.12. The average Bonchev–Trinajstić information content (AvgIpc) is 2.78. The van der Waals surface area contributed by atoms with Gasteiger partial charge in [-0.2, -0.15) is 10.2 Å². The van der Waals surface area contributed by atoms with Crippen LogP contribution in [0, 0.1) is 11.3 Å². The Morgan fingerprint density at radius 1 is 1.56 bits per heavy atom. The van der Waals surface area contributed by atoms with Gasteiger partial charge in [0, 0.05) is 4.47 Å². The minimum Gasteiger partial charge on any atom is -0.366 e. The van der Waals surface area contributed by atoms with Crippen LogP contribution in [-0.2, 0) is 0 Å². The van der Waals surface area contributed by atoms with E-state index in [2.05, 4.69) is 36.4 Å². The molecule has 2 rings (SSSR count). The number of rotatable bonds is 2. The maximum Gasteiger partial charge on any atom is 0.293 e. The second-order valence-corrected chi connectivity index (χ2v) is 4.16. The molecule has 0 aliphatic carbocycles. The number of nitriles is 1. The molecule has 0 spiro atoms. The first-order chi connectivity index (χ1) is 8.60. The van der Waals surface area contributed by atoms with E-state index < -0.39 is 5.91 Å². The van der Waals surface area contributed by atoms with Gasteiger partial charge in [-0.1, -0.05) is 0 Å². The number of nitrogen functional groups attached to an aromatic ring is 1. The third kappa shape index (κ3) is 2.46. The Bertz CT molecular complexity index is 644. The molecule has 1 aromatic carbocycles. The third-order valence-electron chi connectivity index (χ3n) is 2.06. The predicted molar refractivity (Wildman–Crippen MR) is 67.6 cm³/mol. The van der Waals surface area contributed by atoms with E-state index in [1.807, 2.05) is 6.07 Å². The van der Waals surface area contributed by atoms with Crippen molar-refractivity contribution in [3.8, 4) is 6.07 Å². The molecule has 2 aromatic rings. The van der Waals surface area contributed by atoms with Crippen molar-refractivity contribution in [2.75, 3.05) is 11.1 Å². The molecule has 1 amide bonds. The molecule has 18 heavy (non-hydrogen) atoms. The van der Waals surface area contributed by atoms with Crippen molar-refractivity contribution >= 4 is 33.5 Å². The van der Waals surface area contributed by atoms with Crippen LogP contribution in [0.3, 0.4) is 0 Å². The van der Waals surface area contributed by atoms with Gasteiger partial charge in [0.2, 0.25) is 11.8 Å². The van der Waals surface area contributed by atoms with Crippen LogP contribution in [0.4, 0.5) is 11.6 Å². The van der Waals surface area contributed by atoms with E-state index in [1.54, 1.807) is 18.2 Å². The summed E-state index contributed by atoms with van der Waals surface area (Å²) in [4.78, 5) is 15.4. The first kappa shape index (κ1) is 12.1. The minimum absolute atomic E-state index is 0.000885. The van der Waals surface area contributed by atoms with Gasteiger partial charge < -0.3 is 11.1 Å². The second-order valence-electron chi connectivity index (χ2n) is 3.30. The van der Waals surface area contributed by atoms with Gasteiger partial charge in [0.05, 0.1) is 17.3 Å². The highest BCUT2D eigenvalue weighted by molar-refractivity contribution is 9.10. The lowest BCUT2D eigenvalue weighted by molar-refractivity contribution is 0.101. The number of amides is 1. The van der Waals surface area contributed by atoms with Gasteiger partial charge in [-0.25, -0.2) is 0 Å². The summed E-state index contributed by atoms with van der Waals surface area (Å²) in [5, 5.41) is 17.3. The van der Waals surface area contributed by atoms with Crippen LogP contribution < -0.4 is 11.1 Å². The Labute approximate surface area is 110 Å². The summed E-state index contributed by atoms with van der Waals surface area (Å²) in [5.41, 5.74) is 6.31. The molecule has 0 bridgehead atoms. The molecule has 0 atom stereocenters. The number of aromatic amines is 1. The van der Waals surface area contributed by atoms with Gasteiger partial charge >= 0.3 is 0 Å². The van der Waals surface area contributed by atoms with Crippen molar-refractivity contribution in [2.24, 2.45) is 0 Å². The number of nitrogens with one attached hydrogen (secondary N) is 2. The normalized spacial score (nSPS) is 9.78. The highest BCUT2D eigenvalue weighted by atomic mass is 79.9. The lowest BCUT2D eigenvalue weighted by atomic mass is 10.2. The van der Waals surface area contributed by atoms with E-state index in [9.17, 15) is 4.79 Å². The van der Waals surface area contributed by atoms with Gasteiger partial charge in [0.25, 0.3) is 5.91 Å². The first-order valence-corrected chi connectivity index (χ1v) is 5.58. The van der Waals surface area contributed by atoms with Crippen LogP contribution in [0.1, 0.15) is 16.2 Å². The molecule has 0 unspecified atom stereocenters. The number of nitrogens with zero attached hydrogens (tertiary/aromatic N) is 3. The number of hydrogen-bond donors (Lipinski definition) is 3. The molecule has 90 valence electrons. The number of aromatic nitrogens is 3.